The molecule has 6 nitrogen and oxygen atoms in total. The van der Waals surface area contributed by atoms with Crippen LogP contribution in [0.4, 0.5) is 0 Å². The second-order valence-electron chi connectivity index (χ2n) is 6.22. The molecule has 4 aromatic rings. The first-order chi connectivity index (χ1) is 14.1. The van der Waals surface area contributed by atoms with Crippen molar-refractivity contribution in [3.63, 3.8) is 0 Å². The third-order valence-electron chi connectivity index (χ3n) is 4.14. The summed E-state index contributed by atoms with van der Waals surface area (Å²) in [6.45, 7) is -0.175. The molecule has 2 heterocycles. The van der Waals surface area contributed by atoms with Gasteiger partial charge in [0.05, 0.1) is 17.9 Å². The Balaban J connectivity index is 1.50. The molecular formula is C21H15ClN4O2S. The number of aromatic nitrogens is 2. The van der Waals surface area contributed by atoms with Gasteiger partial charge in [-0.15, -0.1) is 11.3 Å². The molecule has 1 N–H and O–H groups in total. The molecule has 0 aliphatic rings. The van der Waals surface area contributed by atoms with Crippen LogP contribution in [0.15, 0.2) is 76.9 Å². The highest BCUT2D eigenvalue weighted by atomic mass is 35.5. The maximum atomic E-state index is 12.7. The maximum Gasteiger partial charge on any atom is 0.262 e. The molecule has 8 heteroatoms. The van der Waals surface area contributed by atoms with E-state index in [1.807, 2.05) is 42.5 Å². The predicted molar refractivity (Wildman–Crippen MR) is 117 cm³/mol. The van der Waals surface area contributed by atoms with Crippen LogP contribution in [0, 0.1) is 0 Å². The molecular weight excluding hydrogens is 408 g/mol. The molecule has 1 amide bonds. The summed E-state index contributed by atoms with van der Waals surface area (Å²) in [6, 6.07) is 18.7. The fourth-order valence-electron chi connectivity index (χ4n) is 2.77. The number of benzene rings is 2. The molecule has 0 aliphatic carbocycles. The van der Waals surface area contributed by atoms with Gasteiger partial charge in [0.15, 0.2) is 0 Å². The summed E-state index contributed by atoms with van der Waals surface area (Å²) in [5, 5.41) is 4.97. The van der Waals surface area contributed by atoms with Crippen LogP contribution < -0.4 is 11.0 Å². The summed E-state index contributed by atoms with van der Waals surface area (Å²) in [6.07, 6.45) is 2.87. The van der Waals surface area contributed by atoms with Gasteiger partial charge >= 0.3 is 0 Å². The van der Waals surface area contributed by atoms with E-state index in [9.17, 15) is 9.59 Å². The molecule has 0 radical (unpaired) electrons. The Morgan fingerprint density at radius 3 is 2.79 bits per heavy atom. The molecule has 0 bridgehead atoms. The van der Waals surface area contributed by atoms with E-state index in [0.29, 0.717) is 15.2 Å². The molecule has 0 fully saturated rings. The first-order valence-corrected chi connectivity index (χ1v) is 9.91. The number of rotatable bonds is 5. The SMILES string of the molecule is O=C(Cn1cnc2sc(-c3ccccc3)cc2c1=O)N/N=C\c1cccc(Cl)c1. The first kappa shape index (κ1) is 19.0. The molecule has 144 valence electrons. The largest absolute Gasteiger partial charge is 0.289 e. The number of hydrazone groups is 1. The normalized spacial score (nSPS) is 11.2. The number of carbonyl (C=O) groups is 1. The Morgan fingerprint density at radius 1 is 1.17 bits per heavy atom. The molecule has 0 unspecified atom stereocenters. The van der Waals surface area contributed by atoms with E-state index in [4.69, 9.17) is 11.6 Å². The van der Waals surface area contributed by atoms with Gasteiger partial charge in [0.2, 0.25) is 0 Å². The average Bonchev–Trinajstić information content (AvgIpc) is 3.16. The van der Waals surface area contributed by atoms with Crippen molar-refractivity contribution >= 4 is 45.3 Å². The van der Waals surface area contributed by atoms with Gasteiger partial charge < -0.3 is 0 Å². The van der Waals surface area contributed by atoms with Crippen molar-refractivity contribution in [3.05, 3.63) is 87.9 Å². The Hall–Kier alpha value is -3.29. The van der Waals surface area contributed by atoms with Gasteiger partial charge in [0, 0.05) is 9.90 Å². The van der Waals surface area contributed by atoms with Gasteiger partial charge in [-0.25, -0.2) is 10.4 Å². The van der Waals surface area contributed by atoms with E-state index in [0.717, 1.165) is 16.0 Å². The Bertz CT molecular complexity index is 1260. The minimum atomic E-state index is -0.426. The Kier molecular flexibility index (Phi) is 5.50. The van der Waals surface area contributed by atoms with Crippen LogP contribution >= 0.6 is 22.9 Å². The molecule has 29 heavy (non-hydrogen) atoms. The standard InChI is InChI=1S/C21H15ClN4O2S/c22-16-8-4-5-14(9-16)11-24-25-19(27)12-26-13-23-20-17(21(26)28)10-18(29-20)15-6-2-1-3-7-15/h1-11,13H,12H2,(H,25,27)/b24-11-. The summed E-state index contributed by atoms with van der Waals surface area (Å²) in [7, 11) is 0. The lowest BCUT2D eigenvalue weighted by molar-refractivity contribution is -0.121. The van der Waals surface area contributed by atoms with Crippen molar-refractivity contribution in [2.45, 2.75) is 6.54 Å². The van der Waals surface area contributed by atoms with Crippen molar-refractivity contribution in [3.8, 4) is 10.4 Å². The minimum absolute atomic E-state index is 0.175. The number of halogens is 1. The van der Waals surface area contributed by atoms with Crippen LogP contribution in [0.5, 0.6) is 0 Å². The molecule has 2 aromatic heterocycles. The van der Waals surface area contributed by atoms with Crippen LogP contribution in [-0.4, -0.2) is 21.7 Å². The number of nitrogens with zero attached hydrogens (tertiary/aromatic N) is 3. The van der Waals surface area contributed by atoms with Crippen molar-refractivity contribution in [1.29, 1.82) is 0 Å². The fraction of sp³-hybridized carbons (Fsp3) is 0.0476. The highest BCUT2D eigenvalue weighted by Crippen LogP contribution is 2.30. The van der Waals surface area contributed by atoms with Gasteiger partial charge in [-0.05, 0) is 29.3 Å². The molecule has 0 aliphatic heterocycles. The van der Waals surface area contributed by atoms with E-state index in [1.165, 1.54) is 28.4 Å². The monoisotopic (exact) mass is 422 g/mol. The number of hydrogen-bond donors (Lipinski definition) is 1. The highest BCUT2D eigenvalue weighted by molar-refractivity contribution is 7.21. The number of thiophene rings is 1. The van der Waals surface area contributed by atoms with Gasteiger partial charge in [-0.3, -0.25) is 14.2 Å². The predicted octanol–water partition coefficient (Wildman–Crippen LogP) is 3.93. The third-order valence-corrected chi connectivity index (χ3v) is 5.47. The number of hydrogen-bond acceptors (Lipinski definition) is 5. The van der Waals surface area contributed by atoms with E-state index < -0.39 is 5.91 Å². The quantitative estimate of drug-likeness (QED) is 0.391. The molecule has 0 saturated carbocycles. The number of fused-ring (bicyclic) bond motifs is 1. The lowest BCUT2D eigenvalue weighted by Gasteiger charge is -2.03. The van der Waals surface area contributed by atoms with Gasteiger partial charge in [0.25, 0.3) is 11.5 Å². The van der Waals surface area contributed by atoms with Crippen molar-refractivity contribution in [2.24, 2.45) is 5.10 Å². The zero-order valence-corrected chi connectivity index (χ0v) is 16.7. The van der Waals surface area contributed by atoms with Crippen LogP contribution in [-0.2, 0) is 11.3 Å². The second kappa shape index (κ2) is 8.38. The zero-order valence-electron chi connectivity index (χ0n) is 15.1. The minimum Gasteiger partial charge on any atom is -0.289 e. The van der Waals surface area contributed by atoms with Gasteiger partial charge in [-0.1, -0.05) is 54.1 Å². The molecule has 2 aromatic carbocycles. The van der Waals surface area contributed by atoms with Crippen molar-refractivity contribution in [1.82, 2.24) is 15.0 Å². The van der Waals surface area contributed by atoms with E-state index in [2.05, 4.69) is 15.5 Å². The van der Waals surface area contributed by atoms with Gasteiger partial charge in [0.1, 0.15) is 11.4 Å². The number of carbonyl (C=O) groups excluding carboxylic acids is 1. The second-order valence-corrected chi connectivity index (χ2v) is 7.69. The summed E-state index contributed by atoms with van der Waals surface area (Å²) in [5.41, 5.74) is 3.92. The van der Waals surface area contributed by atoms with E-state index in [-0.39, 0.29) is 12.1 Å². The van der Waals surface area contributed by atoms with Crippen LogP contribution in [0.3, 0.4) is 0 Å². The summed E-state index contributed by atoms with van der Waals surface area (Å²) >= 11 is 7.35. The third kappa shape index (κ3) is 4.42. The molecule has 0 spiro atoms. The molecule has 4 rings (SSSR count). The summed E-state index contributed by atoms with van der Waals surface area (Å²) in [4.78, 5) is 30.8. The highest BCUT2D eigenvalue weighted by Gasteiger charge is 2.12. The van der Waals surface area contributed by atoms with Crippen LogP contribution in [0.1, 0.15) is 5.56 Å². The molecule has 0 atom stereocenters. The Labute approximate surface area is 175 Å². The number of nitrogens with one attached hydrogen (secondary N) is 1. The molecule has 0 saturated heterocycles. The lowest BCUT2D eigenvalue weighted by atomic mass is 10.2. The summed E-state index contributed by atoms with van der Waals surface area (Å²) in [5.74, 6) is -0.426. The van der Waals surface area contributed by atoms with Crippen LogP contribution in [0.2, 0.25) is 5.02 Å². The van der Waals surface area contributed by atoms with E-state index >= 15 is 0 Å². The lowest BCUT2D eigenvalue weighted by Crippen LogP contribution is -2.29. The average molecular weight is 423 g/mol. The smallest absolute Gasteiger partial charge is 0.262 e. The van der Waals surface area contributed by atoms with E-state index in [1.54, 1.807) is 18.2 Å². The fourth-order valence-corrected chi connectivity index (χ4v) is 3.97. The van der Waals surface area contributed by atoms with Crippen molar-refractivity contribution in [2.75, 3.05) is 0 Å². The Morgan fingerprint density at radius 2 is 2.00 bits per heavy atom. The first-order valence-electron chi connectivity index (χ1n) is 8.72. The topological polar surface area (TPSA) is 76.3 Å². The summed E-state index contributed by atoms with van der Waals surface area (Å²) < 4.78 is 1.27. The zero-order chi connectivity index (χ0) is 20.2. The van der Waals surface area contributed by atoms with Crippen LogP contribution in [0.25, 0.3) is 20.7 Å². The van der Waals surface area contributed by atoms with Crippen molar-refractivity contribution < 1.29 is 4.79 Å². The number of amides is 1. The maximum absolute atomic E-state index is 12.7. The van der Waals surface area contributed by atoms with Gasteiger partial charge in [-0.2, -0.15) is 5.10 Å².